The minimum Gasteiger partial charge on any atom is -0.300 e. The lowest BCUT2D eigenvalue weighted by Gasteiger charge is -2.28. The van der Waals surface area contributed by atoms with Gasteiger partial charge in [-0.3, -0.25) is 4.90 Å². The molecular weight excluding hydrogens is 136 g/mol. The van der Waals surface area contributed by atoms with E-state index in [2.05, 4.69) is 30.0 Å². The highest BCUT2D eigenvalue weighted by molar-refractivity contribution is 5.21. The maximum Gasteiger partial charge on any atom is 0.0444 e. The Balaban J connectivity index is 2.17. The minimum absolute atomic E-state index is 0.730. The van der Waals surface area contributed by atoms with Gasteiger partial charge in [0.2, 0.25) is 0 Å². The molecule has 1 saturated heterocycles. The van der Waals surface area contributed by atoms with E-state index in [4.69, 9.17) is 0 Å². The van der Waals surface area contributed by atoms with Crippen molar-refractivity contribution in [1.82, 2.24) is 9.80 Å². The zero-order valence-electron chi connectivity index (χ0n) is 7.38. The van der Waals surface area contributed by atoms with E-state index in [9.17, 15) is 0 Å². The Morgan fingerprint density at radius 1 is 1.45 bits per heavy atom. The Morgan fingerprint density at radius 3 is 3.00 bits per heavy atom. The fraction of sp³-hybridized carbons (Fsp3) is 0.778. The molecule has 0 aromatic rings. The normalized spacial score (nSPS) is 33.6. The molecule has 0 bridgehead atoms. The first-order valence-electron chi connectivity index (χ1n) is 4.35. The van der Waals surface area contributed by atoms with Crippen molar-refractivity contribution in [1.29, 1.82) is 0 Å². The molecule has 2 heteroatoms. The van der Waals surface area contributed by atoms with Gasteiger partial charge in [-0.15, -0.1) is 0 Å². The molecule has 11 heavy (non-hydrogen) atoms. The number of hydrogen-bond acceptors (Lipinski definition) is 2. The van der Waals surface area contributed by atoms with Crippen molar-refractivity contribution < 1.29 is 0 Å². The summed E-state index contributed by atoms with van der Waals surface area (Å²) < 4.78 is 0. The molecule has 1 fully saturated rings. The quantitative estimate of drug-likeness (QED) is 0.468. The third-order valence-corrected chi connectivity index (χ3v) is 2.79. The van der Waals surface area contributed by atoms with Gasteiger partial charge in [-0.2, -0.15) is 0 Å². The Hall–Kier alpha value is -0.340. The second-order valence-electron chi connectivity index (χ2n) is 3.76. The average molecular weight is 152 g/mol. The predicted molar refractivity (Wildman–Crippen MR) is 46.6 cm³/mol. The fourth-order valence-corrected chi connectivity index (χ4v) is 2.13. The summed E-state index contributed by atoms with van der Waals surface area (Å²) in [5, 5.41) is 0. The smallest absolute Gasteiger partial charge is 0.0444 e. The van der Waals surface area contributed by atoms with Crippen molar-refractivity contribution >= 4 is 0 Å². The van der Waals surface area contributed by atoms with Crippen LogP contribution in [0.3, 0.4) is 0 Å². The van der Waals surface area contributed by atoms with Crippen LogP contribution in [0.2, 0.25) is 0 Å². The Morgan fingerprint density at radius 2 is 2.27 bits per heavy atom. The van der Waals surface area contributed by atoms with Crippen LogP contribution in [-0.4, -0.2) is 49.6 Å². The van der Waals surface area contributed by atoms with Gasteiger partial charge >= 0.3 is 0 Å². The van der Waals surface area contributed by atoms with Gasteiger partial charge in [0.05, 0.1) is 0 Å². The highest BCUT2D eigenvalue weighted by Crippen LogP contribution is 2.23. The maximum atomic E-state index is 2.47. The predicted octanol–water partition coefficient (Wildman–Crippen LogP) is 0.562. The summed E-state index contributed by atoms with van der Waals surface area (Å²) in [5.74, 6) is 0. The molecule has 0 aliphatic carbocycles. The molecule has 2 rings (SSSR count). The van der Waals surface area contributed by atoms with E-state index in [0.717, 1.165) is 6.04 Å². The van der Waals surface area contributed by atoms with Crippen molar-refractivity contribution in [2.45, 2.75) is 12.5 Å². The highest BCUT2D eigenvalue weighted by atomic mass is 15.2. The fourth-order valence-electron chi connectivity index (χ4n) is 2.13. The van der Waals surface area contributed by atoms with Crippen LogP contribution < -0.4 is 0 Å². The molecule has 2 aliphatic rings. The van der Waals surface area contributed by atoms with Crippen molar-refractivity contribution in [2.75, 3.05) is 33.7 Å². The summed E-state index contributed by atoms with van der Waals surface area (Å²) in [7, 11) is 4.43. The van der Waals surface area contributed by atoms with Crippen LogP contribution in [0, 0.1) is 0 Å². The molecule has 0 aromatic heterocycles. The largest absolute Gasteiger partial charge is 0.300 e. The van der Waals surface area contributed by atoms with Crippen LogP contribution in [0.25, 0.3) is 0 Å². The number of hydrogen-bond donors (Lipinski definition) is 0. The van der Waals surface area contributed by atoms with E-state index in [1.54, 1.807) is 5.57 Å². The van der Waals surface area contributed by atoms with Gasteiger partial charge in [0.1, 0.15) is 0 Å². The van der Waals surface area contributed by atoms with Crippen LogP contribution >= 0.6 is 0 Å². The average Bonchev–Trinajstić information content (AvgIpc) is 2.31. The first-order chi connectivity index (χ1) is 5.27. The summed E-state index contributed by atoms with van der Waals surface area (Å²) in [6, 6.07) is 0.730. The third-order valence-electron chi connectivity index (χ3n) is 2.79. The molecule has 2 nitrogen and oxygen atoms in total. The van der Waals surface area contributed by atoms with Gasteiger partial charge in [0.25, 0.3) is 0 Å². The Kier molecular flexibility index (Phi) is 1.74. The number of rotatable bonds is 0. The first-order valence-corrected chi connectivity index (χ1v) is 4.35. The van der Waals surface area contributed by atoms with Crippen LogP contribution in [-0.2, 0) is 0 Å². The molecule has 0 aromatic carbocycles. The molecule has 62 valence electrons. The molecule has 1 atom stereocenters. The topological polar surface area (TPSA) is 6.48 Å². The van der Waals surface area contributed by atoms with Crippen LogP contribution in [0.1, 0.15) is 6.42 Å². The van der Waals surface area contributed by atoms with Crippen molar-refractivity contribution in [3.8, 4) is 0 Å². The zero-order chi connectivity index (χ0) is 7.84. The van der Waals surface area contributed by atoms with E-state index >= 15 is 0 Å². The summed E-state index contributed by atoms with van der Waals surface area (Å²) in [6.45, 7) is 3.65. The molecular formula is C9H16N2. The van der Waals surface area contributed by atoms with Crippen LogP contribution in [0.5, 0.6) is 0 Å². The standard InChI is InChI=1S/C9H16N2/c1-10-6-8-4-3-5-11(2)9(8)7-10/h4,9H,3,5-7H2,1-2H3. The van der Waals surface area contributed by atoms with Crippen molar-refractivity contribution in [2.24, 2.45) is 0 Å². The van der Waals surface area contributed by atoms with Gasteiger partial charge in [-0.1, -0.05) is 6.08 Å². The van der Waals surface area contributed by atoms with Crippen LogP contribution in [0.4, 0.5) is 0 Å². The lowest BCUT2D eigenvalue weighted by molar-refractivity contribution is 0.254. The SMILES string of the molecule is CN1CC2=CCCN(C)C2C1. The second-order valence-corrected chi connectivity index (χ2v) is 3.76. The summed E-state index contributed by atoms with van der Waals surface area (Å²) in [5.41, 5.74) is 1.64. The molecule has 0 spiro atoms. The van der Waals surface area contributed by atoms with E-state index in [0.29, 0.717) is 0 Å². The summed E-state index contributed by atoms with van der Waals surface area (Å²) in [4.78, 5) is 4.87. The molecule has 2 heterocycles. The third kappa shape index (κ3) is 1.21. The van der Waals surface area contributed by atoms with E-state index in [-0.39, 0.29) is 0 Å². The molecule has 0 saturated carbocycles. The Labute approximate surface area is 68.5 Å². The van der Waals surface area contributed by atoms with E-state index < -0.39 is 0 Å². The van der Waals surface area contributed by atoms with Gasteiger partial charge in [0.15, 0.2) is 0 Å². The minimum atomic E-state index is 0.730. The van der Waals surface area contributed by atoms with Crippen molar-refractivity contribution in [3.05, 3.63) is 11.6 Å². The molecule has 1 unspecified atom stereocenters. The monoisotopic (exact) mass is 152 g/mol. The van der Waals surface area contributed by atoms with E-state index in [1.807, 2.05) is 0 Å². The number of nitrogens with zero attached hydrogens (tertiary/aromatic N) is 2. The first kappa shape index (κ1) is 7.32. The van der Waals surface area contributed by atoms with E-state index in [1.165, 1.54) is 26.1 Å². The lowest BCUT2D eigenvalue weighted by Crippen LogP contribution is -2.37. The van der Waals surface area contributed by atoms with Gasteiger partial charge in [0, 0.05) is 25.7 Å². The van der Waals surface area contributed by atoms with Crippen molar-refractivity contribution in [3.63, 3.8) is 0 Å². The number of fused-ring (bicyclic) bond motifs is 1. The Bertz CT molecular complexity index is 186. The lowest BCUT2D eigenvalue weighted by atomic mass is 10.0. The zero-order valence-corrected chi connectivity index (χ0v) is 7.38. The van der Waals surface area contributed by atoms with Gasteiger partial charge in [-0.05, 0) is 26.1 Å². The maximum absolute atomic E-state index is 2.47. The second kappa shape index (κ2) is 2.61. The number of likely N-dealkylation sites (N-methyl/N-ethyl adjacent to an activating group) is 2. The summed E-state index contributed by atoms with van der Waals surface area (Å²) >= 11 is 0. The van der Waals surface area contributed by atoms with Crippen LogP contribution in [0.15, 0.2) is 11.6 Å². The highest BCUT2D eigenvalue weighted by Gasteiger charge is 2.29. The van der Waals surface area contributed by atoms with Gasteiger partial charge in [-0.25, -0.2) is 0 Å². The van der Waals surface area contributed by atoms with Gasteiger partial charge < -0.3 is 4.90 Å². The molecule has 0 amide bonds. The number of likely N-dealkylation sites (tertiary alicyclic amines) is 1. The molecule has 0 radical (unpaired) electrons. The molecule has 0 N–H and O–H groups in total. The molecule has 2 aliphatic heterocycles. The summed E-state index contributed by atoms with van der Waals surface area (Å²) in [6.07, 6.45) is 3.67.